The number of nitrogens with zero attached hydrogens (tertiary/aromatic N) is 1. The van der Waals surface area contributed by atoms with Crippen molar-refractivity contribution in [1.82, 2.24) is 10.2 Å². The summed E-state index contributed by atoms with van der Waals surface area (Å²) in [5, 5.41) is 2.98. The molecule has 0 spiro atoms. The molecule has 4 heteroatoms. The lowest BCUT2D eigenvalue weighted by Crippen LogP contribution is -2.32. The Balaban J connectivity index is 1.34. The van der Waals surface area contributed by atoms with Gasteiger partial charge in [0.2, 0.25) is 11.8 Å². The first-order valence-electron chi connectivity index (χ1n) is 8.36. The highest BCUT2D eigenvalue weighted by Gasteiger charge is 2.49. The second kappa shape index (κ2) is 6.95. The third-order valence-electron chi connectivity index (χ3n) is 4.65. The van der Waals surface area contributed by atoms with Crippen LogP contribution < -0.4 is 5.32 Å². The van der Waals surface area contributed by atoms with Crippen molar-refractivity contribution in [3.63, 3.8) is 0 Å². The molecule has 0 aromatic heterocycles. The van der Waals surface area contributed by atoms with E-state index in [0.717, 1.165) is 45.2 Å². The maximum absolute atomic E-state index is 12.2. The molecule has 1 aliphatic heterocycles. The van der Waals surface area contributed by atoms with E-state index in [1.807, 2.05) is 23.1 Å². The van der Waals surface area contributed by atoms with Crippen LogP contribution in [0.5, 0.6) is 0 Å². The lowest BCUT2D eigenvalue weighted by Gasteiger charge is -2.14. The van der Waals surface area contributed by atoms with E-state index in [2.05, 4.69) is 17.4 Å². The highest BCUT2D eigenvalue weighted by molar-refractivity contribution is 5.92. The first-order chi connectivity index (χ1) is 10.8. The molecule has 1 aromatic rings. The van der Waals surface area contributed by atoms with E-state index in [1.54, 1.807) is 0 Å². The second-order valence-electron chi connectivity index (χ2n) is 6.36. The van der Waals surface area contributed by atoms with E-state index in [-0.39, 0.29) is 23.7 Å². The third-order valence-corrected chi connectivity index (χ3v) is 4.65. The molecule has 2 fully saturated rings. The van der Waals surface area contributed by atoms with Crippen LogP contribution in [0.3, 0.4) is 0 Å². The van der Waals surface area contributed by atoms with Crippen molar-refractivity contribution in [3.8, 4) is 0 Å². The Morgan fingerprint density at radius 3 is 2.55 bits per heavy atom. The fourth-order valence-electron chi connectivity index (χ4n) is 3.21. The fourth-order valence-corrected chi connectivity index (χ4v) is 3.21. The van der Waals surface area contributed by atoms with Crippen LogP contribution in [0.1, 0.15) is 31.2 Å². The van der Waals surface area contributed by atoms with Gasteiger partial charge in [-0.1, -0.05) is 30.3 Å². The number of likely N-dealkylation sites (tertiary alicyclic amines) is 1. The van der Waals surface area contributed by atoms with Gasteiger partial charge in [-0.2, -0.15) is 0 Å². The summed E-state index contributed by atoms with van der Waals surface area (Å²) >= 11 is 0. The minimum absolute atomic E-state index is 0.0489. The topological polar surface area (TPSA) is 49.4 Å². The van der Waals surface area contributed by atoms with E-state index in [0.29, 0.717) is 6.54 Å². The molecular weight excluding hydrogens is 276 g/mol. The first-order valence-corrected chi connectivity index (χ1v) is 8.36. The minimum Gasteiger partial charge on any atom is -0.356 e. The van der Waals surface area contributed by atoms with E-state index < -0.39 is 0 Å². The van der Waals surface area contributed by atoms with Gasteiger partial charge in [0, 0.05) is 19.6 Å². The van der Waals surface area contributed by atoms with Gasteiger partial charge in [-0.15, -0.1) is 0 Å². The van der Waals surface area contributed by atoms with Gasteiger partial charge < -0.3 is 10.2 Å². The van der Waals surface area contributed by atoms with Gasteiger partial charge in [0.05, 0.1) is 11.8 Å². The number of hydrogen-bond acceptors (Lipinski definition) is 2. The van der Waals surface area contributed by atoms with Gasteiger partial charge in [-0.05, 0) is 37.7 Å². The summed E-state index contributed by atoms with van der Waals surface area (Å²) in [6, 6.07) is 10.3. The van der Waals surface area contributed by atoms with Gasteiger partial charge in [-0.3, -0.25) is 9.59 Å². The van der Waals surface area contributed by atoms with Gasteiger partial charge in [-0.25, -0.2) is 0 Å². The average molecular weight is 300 g/mol. The molecule has 2 amide bonds. The maximum atomic E-state index is 12.2. The van der Waals surface area contributed by atoms with Crippen LogP contribution in [0, 0.1) is 11.8 Å². The van der Waals surface area contributed by atoms with E-state index in [4.69, 9.17) is 0 Å². The Kier molecular flexibility index (Phi) is 4.76. The normalized spacial score (nSPS) is 23.4. The molecule has 22 heavy (non-hydrogen) atoms. The number of benzene rings is 1. The summed E-state index contributed by atoms with van der Waals surface area (Å²) in [5.41, 5.74) is 1.30. The highest BCUT2D eigenvalue weighted by Crippen LogP contribution is 2.40. The van der Waals surface area contributed by atoms with Gasteiger partial charge in [0.25, 0.3) is 0 Å². The molecule has 4 nitrogen and oxygen atoms in total. The molecule has 1 aliphatic carbocycles. The van der Waals surface area contributed by atoms with Crippen LogP contribution in [-0.4, -0.2) is 36.3 Å². The van der Waals surface area contributed by atoms with Crippen LogP contribution in [0.2, 0.25) is 0 Å². The van der Waals surface area contributed by atoms with Crippen LogP contribution in [0.15, 0.2) is 30.3 Å². The van der Waals surface area contributed by atoms with Gasteiger partial charge in [0.1, 0.15) is 0 Å². The van der Waals surface area contributed by atoms with E-state index in [9.17, 15) is 9.59 Å². The smallest absolute Gasteiger partial charge is 0.226 e. The quantitative estimate of drug-likeness (QED) is 0.817. The number of amides is 2. The molecule has 1 heterocycles. The summed E-state index contributed by atoms with van der Waals surface area (Å²) in [5.74, 6) is 0.129. The van der Waals surface area contributed by atoms with Crippen molar-refractivity contribution in [1.29, 1.82) is 0 Å². The standard InChI is InChI=1S/C18H24N2O2/c21-17(19-10-6-9-14-7-2-1-3-8-14)15-13-16(15)18(22)20-11-4-5-12-20/h1-3,7-8,15-16H,4-6,9-13H2,(H,19,21). The second-order valence-corrected chi connectivity index (χ2v) is 6.36. The Morgan fingerprint density at radius 1 is 1.09 bits per heavy atom. The number of aryl methyl sites for hydroxylation is 1. The molecular formula is C18H24N2O2. The lowest BCUT2D eigenvalue weighted by molar-refractivity contribution is -0.133. The van der Waals surface area contributed by atoms with Crippen LogP contribution in [-0.2, 0) is 16.0 Å². The Hall–Kier alpha value is -1.84. The summed E-state index contributed by atoms with van der Waals surface area (Å²) in [7, 11) is 0. The van der Waals surface area contributed by atoms with Gasteiger partial charge in [0.15, 0.2) is 0 Å². The van der Waals surface area contributed by atoms with Crippen molar-refractivity contribution in [2.75, 3.05) is 19.6 Å². The zero-order valence-corrected chi connectivity index (χ0v) is 13.0. The molecule has 118 valence electrons. The minimum atomic E-state index is -0.0789. The molecule has 1 saturated heterocycles. The molecule has 2 aliphatic rings. The summed E-state index contributed by atoms with van der Waals surface area (Å²) in [6.07, 6.45) is 4.86. The summed E-state index contributed by atoms with van der Waals surface area (Å²) in [4.78, 5) is 26.2. The molecule has 1 N–H and O–H groups in total. The first kappa shape index (κ1) is 15.1. The fraction of sp³-hybridized carbons (Fsp3) is 0.556. The molecule has 3 rings (SSSR count). The Morgan fingerprint density at radius 2 is 1.82 bits per heavy atom. The van der Waals surface area contributed by atoms with Crippen molar-refractivity contribution < 1.29 is 9.59 Å². The van der Waals surface area contributed by atoms with E-state index in [1.165, 1.54) is 5.56 Å². The molecule has 2 atom stereocenters. The third kappa shape index (κ3) is 3.67. The SMILES string of the molecule is O=C(NCCCc1ccccc1)C1CC1C(=O)N1CCCC1. The number of hydrogen-bond donors (Lipinski definition) is 1. The van der Waals surface area contributed by atoms with Gasteiger partial charge >= 0.3 is 0 Å². The largest absolute Gasteiger partial charge is 0.356 e. The molecule has 0 bridgehead atoms. The van der Waals surface area contributed by atoms with E-state index >= 15 is 0 Å². The van der Waals surface area contributed by atoms with Crippen molar-refractivity contribution >= 4 is 11.8 Å². The van der Waals surface area contributed by atoms with Crippen LogP contribution >= 0.6 is 0 Å². The van der Waals surface area contributed by atoms with Crippen molar-refractivity contribution in [3.05, 3.63) is 35.9 Å². The maximum Gasteiger partial charge on any atom is 0.226 e. The molecule has 1 saturated carbocycles. The van der Waals surface area contributed by atoms with Crippen LogP contribution in [0.4, 0.5) is 0 Å². The Bertz CT molecular complexity index is 523. The predicted molar refractivity (Wildman–Crippen MR) is 85.2 cm³/mol. The predicted octanol–water partition coefficient (Wildman–Crippen LogP) is 1.99. The summed E-state index contributed by atoms with van der Waals surface area (Å²) < 4.78 is 0. The summed E-state index contributed by atoms with van der Waals surface area (Å²) in [6.45, 7) is 2.44. The molecule has 1 aromatic carbocycles. The number of nitrogens with one attached hydrogen (secondary N) is 1. The Labute approximate surface area is 131 Å². The zero-order chi connectivity index (χ0) is 15.4. The van der Waals surface area contributed by atoms with Crippen molar-refractivity contribution in [2.24, 2.45) is 11.8 Å². The average Bonchev–Trinajstić information content (AvgIpc) is 3.16. The molecule has 0 radical (unpaired) electrons. The monoisotopic (exact) mass is 300 g/mol. The molecule has 2 unspecified atom stereocenters. The number of rotatable bonds is 6. The van der Waals surface area contributed by atoms with Crippen LogP contribution in [0.25, 0.3) is 0 Å². The lowest BCUT2D eigenvalue weighted by atomic mass is 10.1. The van der Waals surface area contributed by atoms with Crippen molar-refractivity contribution in [2.45, 2.75) is 32.1 Å². The number of carbonyl (C=O) groups excluding carboxylic acids is 2. The number of carbonyl (C=O) groups is 2. The zero-order valence-electron chi connectivity index (χ0n) is 13.0. The highest BCUT2D eigenvalue weighted by atomic mass is 16.2.